The van der Waals surface area contributed by atoms with E-state index in [0.29, 0.717) is 5.78 Å². The van der Waals surface area contributed by atoms with Crippen molar-refractivity contribution < 1.29 is 4.79 Å². The van der Waals surface area contributed by atoms with Crippen molar-refractivity contribution >= 4 is 21.7 Å². The summed E-state index contributed by atoms with van der Waals surface area (Å²) in [7, 11) is 0. The molecule has 0 bridgehead atoms. The molecule has 1 aliphatic rings. The van der Waals surface area contributed by atoms with Crippen molar-refractivity contribution in [1.29, 1.82) is 0 Å². The number of allylic oxidation sites excluding steroid dienone is 2. The fourth-order valence-electron chi connectivity index (χ4n) is 2.91. The first-order valence-corrected chi connectivity index (χ1v) is 9.45. The van der Waals surface area contributed by atoms with E-state index in [1.54, 1.807) is 0 Å². The summed E-state index contributed by atoms with van der Waals surface area (Å²) in [6.45, 7) is 2.19. The van der Waals surface area contributed by atoms with Crippen LogP contribution in [0.5, 0.6) is 0 Å². The van der Waals surface area contributed by atoms with Crippen molar-refractivity contribution in [2.75, 3.05) is 0 Å². The second kappa shape index (κ2) is 11.5. The standard InChI is InChI=1S/C18H31BrO/c1-2-3-10-15-18(20)16-13-11-8-6-4-5-7-9-12-14-17(16)19/h2-15H2,1H3/b17-16-. The van der Waals surface area contributed by atoms with Crippen LogP contribution >= 0.6 is 15.9 Å². The van der Waals surface area contributed by atoms with E-state index < -0.39 is 0 Å². The molecular formula is C18H31BrO. The molecule has 0 N–H and O–H groups in total. The number of carbonyl (C=O) groups is 1. The van der Waals surface area contributed by atoms with Gasteiger partial charge in [0.15, 0.2) is 5.78 Å². The van der Waals surface area contributed by atoms with Gasteiger partial charge in [-0.15, -0.1) is 0 Å². The first kappa shape index (κ1) is 17.9. The molecule has 0 spiro atoms. The molecular weight excluding hydrogens is 312 g/mol. The van der Waals surface area contributed by atoms with Gasteiger partial charge in [-0.1, -0.05) is 74.2 Å². The molecule has 1 aliphatic carbocycles. The molecule has 0 aromatic heterocycles. The van der Waals surface area contributed by atoms with Gasteiger partial charge in [0, 0.05) is 16.5 Å². The van der Waals surface area contributed by atoms with Gasteiger partial charge in [0.1, 0.15) is 0 Å². The predicted molar refractivity (Wildman–Crippen MR) is 91.3 cm³/mol. The van der Waals surface area contributed by atoms with E-state index in [1.807, 2.05) is 0 Å². The summed E-state index contributed by atoms with van der Waals surface area (Å²) < 4.78 is 1.21. The van der Waals surface area contributed by atoms with Gasteiger partial charge in [-0.2, -0.15) is 0 Å². The Labute approximate surface area is 133 Å². The zero-order valence-corrected chi connectivity index (χ0v) is 14.8. The summed E-state index contributed by atoms with van der Waals surface area (Å²) in [6.07, 6.45) is 16.7. The van der Waals surface area contributed by atoms with Crippen LogP contribution in [0.1, 0.15) is 96.8 Å². The Morgan fingerprint density at radius 1 is 0.900 bits per heavy atom. The van der Waals surface area contributed by atoms with Crippen LogP contribution in [0.4, 0.5) is 0 Å². The van der Waals surface area contributed by atoms with Crippen molar-refractivity contribution in [3.8, 4) is 0 Å². The molecule has 1 nitrogen and oxygen atoms in total. The number of rotatable bonds is 5. The van der Waals surface area contributed by atoms with Gasteiger partial charge in [0.05, 0.1) is 0 Å². The maximum Gasteiger partial charge on any atom is 0.159 e. The number of Topliss-reactive ketones (excluding diaryl/α,β-unsaturated/α-hetero) is 1. The maximum absolute atomic E-state index is 12.4. The zero-order valence-electron chi connectivity index (χ0n) is 13.2. The van der Waals surface area contributed by atoms with Crippen LogP contribution in [0.2, 0.25) is 0 Å². The molecule has 0 amide bonds. The second-order valence-electron chi connectivity index (χ2n) is 6.09. The highest BCUT2D eigenvalue weighted by Gasteiger charge is 2.14. The molecule has 0 heterocycles. The van der Waals surface area contributed by atoms with Gasteiger partial charge in [0.25, 0.3) is 0 Å². The lowest BCUT2D eigenvalue weighted by Gasteiger charge is -2.12. The number of unbranched alkanes of at least 4 members (excludes halogenated alkanes) is 2. The van der Waals surface area contributed by atoms with Crippen LogP contribution in [-0.4, -0.2) is 5.78 Å². The van der Waals surface area contributed by atoms with Crippen molar-refractivity contribution in [2.45, 2.75) is 96.8 Å². The Morgan fingerprint density at radius 3 is 2.05 bits per heavy atom. The van der Waals surface area contributed by atoms with Gasteiger partial charge in [-0.05, 0) is 32.1 Å². The first-order valence-electron chi connectivity index (χ1n) is 8.66. The minimum Gasteiger partial charge on any atom is -0.295 e. The van der Waals surface area contributed by atoms with Crippen LogP contribution in [0, 0.1) is 0 Å². The van der Waals surface area contributed by atoms with Crippen LogP contribution in [-0.2, 0) is 4.79 Å². The number of carbonyl (C=O) groups excluding carboxylic acids is 1. The molecule has 0 aromatic carbocycles. The van der Waals surface area contributed by atoms with E-state index in [2.05, 4.69) is 22.9 Å². The SMILES string of the molecule is CCCCCC(=O)/C1=C(\Br)CCCCCCCCCC1. The third kappa shape index (κ3) is 7.61. The summed E-state index contributed by atoms with van der Waals surface area (Å²) in [6, 6.07) is 0. The number of hydrogen-bond acceptors (Lipinski definition) is 1. The highest BCUT2D eigenvalue weighted by Crippen LogP contribution is 2.27. The molecule has 116 valence electrons. The van der Waals surface area contributed by atoms with E-state index >= 15 is 0 Å². The third-order valence-corrected chi connectivity index (χ3v) is 5.12. The Morgan fingerprint density at radius 2 is 1.45 bits per heavy atom. The molecule has 2 heteroatoms. The van der Waals surface area contributed by atoms with E-state index in [1.165, 1.54) is 68.7 Å². The fraction of sp³-hybridized carbons (Fsp3) is 0.833. The first-order chi connectivity index (χ1) is 9.75. The smallest absolute Gasteiger partial charge is 0.159 e. The summed E-state index contributed by atoms with van der Waals surface area (Å²) in [5.74, 6) is 0.405. The van der Waals surface area contributed by atoms with Gasteiger partial charge in [0.2, 0.25) is 0 Å². The molecule has 0 saturated carbocycles. The summed E-state index contributed by atoms with van der Waals surface area (Å²) in [4.78, 5) is 12.4. The Kier molecular flexibility index (Phi) is 10.4. The highest BCUT2D eigenvalue weighted by atomic mass is 79.9. The number of halogens is 1. The Balaban J connectivity index is 2.58. The van der Waals surface area contributed by atoms with Gasteiger partial charge >= 0.3 is 0 Å². The molecule has 1 rings (SSSR count). The average Bonchev–Trinajstić information content (AvgIpc) is 2.43. The molecule has 0 saturated heterocycles. The summed E-state index contributed by atoms with van der Waals surface area (Å²) >= 11 is 3.71. The summed E-state index contributed by atoms with van der Waals surface area (Å²) in [5, 5.41) is 0. The van der Waals surface area contributed by atoms with Gasteiger partial charge in [-0.3, -0.25) is 4.79 Å². The van der Waals surface area contributed by atoms with Crippen molar-refractivity contribution in [3.63, 3.8) is 0 Å². The average molecular weight is 343 g/mol. The highest BCUT2D eigenvalue weighted by molar-refractivity contribution is 9.11. The molecule has 0 radical (unpaired) electrons. The summed E-state index contributed by atoms with van der Waals surface area (Å²) in [5.41, 5.74) is 1.11. The zero-order chi connectivity index (χ0) is 14.6. The quantitative estimate of drug-likeness (QED) is 0.508. The van der Waals surface area contributed by atoms with Crippen molar-refractivity contribution in [3.05, 3.63) is 10.1 Å². The Hall–Kier alpha value is -0.110. The molecule has 0 aliphatic heterocycles. The second-order valence-corrected chi connectivity index (χ2v) is 7.05. The lowest BCUT2D eigenvalue weighted by atomic mass is 9.96. The monoisotopic (exact) mass is 342 g/mol. The van der Waals surface area contributed by atoms with Crippen LogP contribution < -0.4 is 0 Å². The minimum absolute atomic E-state index is 0.405. The Bertz CT molecular complexity index is 307. The van der Waals surface area contributed by atoms with E-state index in [-0.39, 0.29) is 0 Å². The normalized spacial score (nSPS) is 22.9. The van der Waals surface area contributed by atoms with Crippen molar-refractivity contribution in [2.24, 2.45) is 0 Å². The third-order valence-electron chi connectivity index (χ3n) is 4.24. The lowest BCUT2D eigenvalue weighted by molar-refractivity contribution is -0.115. The lowest BCUT2D eigenvalue weighted by Crippen LogP contribution is -2.05. The van der Waals surface area contributed by atoms with Crippen LogP contribution in [0.25, 0.3) is 0 Å². The van der Waals surface area contributed by atoms with E-state index in [9.17, 15) is 4.79 Å². The number of ketones is 1. The fourth-order valence-corrected chi connectivity index (χ4v) is 3.61. The topological polar surface area (TPSA) is 17.1 Å². The van der Waals surface area contributed by atoms with Crippen LogP contribution in [0.15, 0.2) is 10.1 Å². The molecule has 0 aromatic rings. The van der Waals surface area contributed by atoms with Gasteiger partial charge < -0.3 is 0 Å². The maximum atomic E-state index is 12.4. The molecule has 0 unspecified atom stereocenters. The minimum atomic E-state index is 0.405. The van der Waals surface area contributed by atoms with Crippen LogP contribution in [0.3, 0.4) is 0 Å². The number of hydrogen-bond donors (Lipinski definition) is 0. The van der Waals surface area contributed by atoms with E-state index in [0.717, 1.165) is 31.3 Å². The molecule has 0 atom stereocenters. The molecule has 20 heavy (non-hydrogen) atoms. The predicted octanol–water partition coefficient (Wildman–Crippen LogP) is 6.70. The van der Waals surface area contributed by atoms with Crippen molar-refractivity contribution in [1.82, 2.24) is 0 Å². The van der Waals surface area contributed by atoms with E-state index in [4.69, 9.17) is 0 Å². The molecule has 0 fully saturated rings. The van der Waals surface area contributed by atoms with Gasteiger partial charge in [-0.25, -0.2) is 0 Å². The largest absolute Gasteiger partial charge is 0.295 e.